The zero-order chi connectivity index (χ0) is 16.1. The molecule has 1 unspecified atom stereocenters. The number of carbonyl (C=O) groups excluding carboxylic acids is 1. The number of nitro groups is 1. The molecule has 0 aliphatic carbocycles. The first-order valence-electron chi connectivity index (χ1n) is 7.07. The van der Waals surface area contributed by atoms with Gasteiger partial charge in [-0.05, 0) is 19.9 Å². The number of ether oxygens (including phenoxy) is 2. The van der Waals surface area contributed by atoms with Crippen LogP contribution in [0.5, 0.6) is 11.5 Å². The molecule has 1 aliphatic heterocycles. The van der Waals surface area contributed by atoms with E-state index in [9.17, 15) is 14.9 Å². The van der Waals surface area contributed by atoms with Crippen molar-refractivity contribution in [3.63, 3.8) is 0 Å². The van der Waals surface area contributed by atoms with Crippen LogP contribution in [-0.4, -0.2) is 43.7 Å². The number of methoxy groups -OCH3 is 1. The Morgan fingerprint density at radius 2 is 2.27 bits per heavy atom. The van der Waals surface area contributed by atoms with Crippen molar-refractivity contribution in [3.05, 3.63) is 27.8 Å². The maximum Gasteiger partial charge on any atom is 0.286 e. The summed E-state index contributed by atoms with van der Waals surface area (Å²) in [6.07, 6.45) is 0.799. The lowest BCUT2D eigenvalue weighted by atomic mass is 10.1. The second-order valence-electron chi connectivity index (χ2n) is 4.87. The molecule has 0 spiro atoms. The van der Waals surface area contributed by atoms with Gasteiger partial charge in [-0.1, -0.05) is 0 Å². The normalized spacial score (nSPS) is 17.1. The molecule has 1 amide bonds. The van der Waals surface area contributed by atoms with Crippen molar-refractivity contribution < 1.29 is 19.2 Å². The molecule has 8 heteroatoms. The van der Waals surface area contributed by atoms with E-state index >= 15 is 0 Å². The summed E-state index contributed by atoms with van der Waals surface area (Å²) in [5, 5.41) is 17.1. The van der Waals surface area contributed by atoms with Crippen LogP contribution in [0, 0.1) is 10.1 Å². The maximum atomic E-state index is 12.3. The summed E-state index contributed by atoms with van der Waals surface area (Å²) in [6, 6.07) is 2.55. The van der Waals surface area contributed by atoms with Crippen molar-refractivity contribution in [2.24, 2.45) is 0 Å². The number of hydrogen-bond acceptors (Lipinski definition) is 6. The van der Waals surface area contributed by atoms with E-state index in [1.165, 1.54) is 19.2 Å². The van der Waals surface area contributed by atoms with Crippen LogP contribution in [0.25, 0.3) is 0 Å². The lowest BCUT2D eigenvalue weighted by molar-refractivity contribution is -0.385. The lowest BCUT2D eigenvalue weighted by Gasteiger charge is -2.14. The van der Waals surface area contributed by atoms with Gasteiger partial charge in [-0.25, -0.2) is 0 Å². The number of nitrogens with one attached hydrogen (secondary N) is 2. The van der Waals surface area contributed by atoms with Crippen LogP contribution in [0.1, 0.15) is 23.7 Å². The predicted molar refractivity (Wildman–Crippen MR) is 79.6 cm³/mol. The monoisotopic (exact) mass is 309 g/mol. The van der Waals surface area contributed by atoms with Gasteiger partial charge < -0.3 is 20.1 Å². The summed E-state index contributed by atoms with van der Waals surface area (Å²) < 4.78 is 10.5. The Morgan fingerprint density at radius 1 is 1.50 bits per heavy atom. The highest BCUT2D eigenvalue weighted by Crippen LogP contribution is 2.34. The second kappa shape index (κ2) is 7.08. The van der Waals surface area contributed by atoms with Crippen LogP contribution >= 0.6 is 0 Å². The zero-order valence-corrected chi connectivity index (χ0v) is 12.5. The van der Waals surface area contributed by atoms with Crippen molar-refractivity contribution in [2.45, 2.75) is 19.4 Å². The fourth-order valence-electron chi connectivity index (χ4n) is 2.35. The van der Waals surface area contributed by atoms with Gasteiger partial charge in [0.1, 0.15) is 5.56 Å². The highest BCUT2D eigenvalue weighted by molar-refractivity contribution is 5.99. The number of benzene rings is 1. The number of carbonyl (C=O) groups is 1. The first kappa shape index (κ1) is 16.0. The molecule has 2 N–H and O–H groups in total. The SMILES string of the molecule is CCOc1cc([N+](=O)[O-])c(C(=O)NC2CCNC2)cc1OC. The third kappa shape index (κ3) is 3.45. The fraction of sp³-hybridized carbons (Fsp3) is 0.500. The Labute approximate surface area is 127 Å². The number of amides is 1. The van der Waals surface area contributed by atoms with Crippen LogP contribution in [0.4, 0.5) is 5.69 Å². The third-order valence-corrected chi connectivity index (χ3v) is 3.42. The van der Waals surface area contributed by atoms with Gasteiger partial charge in [-0.3, -0.25) is 14.9 Å². The van der Waals surface area contributed by atoms with E-state index in [0.717, 1.165) is 13.0 Å². The van der Waals surface area contributed by atoms with E-state index in [1.54, 1.807) is 6.92 Å². The third-order valence-electron chi connectivity index (χ3n) is 3.42. The van der Waals surface area contributed by atoms with Gasteiger partial charge in [0.15, 0.2) is 11.5 Å². The molecule has 2 rings (SSSR count). The van der Waals surface area contributed by atoms with Gasteiger partial charge in [0.25, 0.3) is 11.6 Å². The molecule has 1 aromatic carbocycles. The van der Waals surface area contributed by atoms with E-state index < -0.39 is 10.8 Å². The largest absolute Gasteiger partial charge is 0.493 e. The molecule has 0 bridgehead atoms. The number of nitrogens with zero attached hydrogens (tertiary/aromatic N) is 1. The summed E-state index contributed by atoms with van der Waals surface area (Å²) in [7, 11) is 1.42. The smallest absolute Gasteiger partial charge is 0.286 e. The minimum absolute atomic E-state index is 0.0235. The topological polar surface area (TPSA) is 103 Å². The van der Waals surface area contributed by atoms with Gasteiger partial charge in [0.2, 0.25) is 0 Å². The maximum absolute atomic E-state index is 12.3. The molecule has 1 aliphatic rings. The molecular weight excluding hydrogens is 290 g/mol. The highest BCUT2D eigenvalue weighted by atomic mass is 16.6. The van der Waals surface area contributed by atoms with E-state index in [1.807, 2.05) is 0 Å². The van der Waals surface area contributed by atoms with Crippen LogP contribution in [0.15, 0.2) is 12.1 Å². The van der Waals surface area contributed by atoms with Crippen LogP contribution in [0.3, 0.4) is 0 Å². The molecule has 0 radical (unpaired) electrons. The van der Waals surface area contributed by atoms with E-state index in [4.69, 9.17) is 9.47 Å². The molecule has 1 heterocycles. The van der Waals surface area contributed by atoms with Crippen molar-refractivity contribution in [3.8, 4) is 11.5 Å². The average Bonchev–Trinajstić information content (AvgIpc) is 2.99. The molecule has 0 aromatic heterocycles. The first-order chi connectivity index (χ1) is 10.6. The Balaban J connectivity index is 2.34. The summed E-state index contributed by atoms with van der Waals surface area (Å²) in [4.78, 5) is 23.0. The van der Waals surface area contributed by atoms with E-state index in [2.05, 4.69) is 10.6 Å². The Morgan fingerprint density at radius 3 is 2.82 bits per heavy atom. The Bertz CT molecular complexity index is 570. The summed E-state index contributed by atoms with van der Waals surface area (Å²) in [6.45, 7) is 3.58. The fourth-order valence-corrected chi connectivity index (χ4v) is 2.35. The number of nitro benzene ring substituents is 1. The van der Waals surface area contributed by atoms with Gasteiger partial charge in [0, 0.05) is 18.7 Å². The molecule has 120 valence electrons. The predicted octanol–water partition coefficient (Wildman–Crippen LogP) is 1.09. The summed E-state index contributed by atoms with van der Waals surface area (Å²) >= 11 is 0. The van der Waals surface area contributed by atoms with Crippen molar-refractivity contribution in [2.75, 3.05) is 26.8 Å². The quantitative estimate of drug-likeness (QED) is 0.602. The van der Waals surface area contributed by atoms with Gasteiger partial charge >= 0.3 is 0 Å². The van der Waals surface area contributed by atoms with Crippen molar-refractivity contribution in [1.29, 1.82) is 0 Å². The van der Waals surface area contributed by atoms with E-state index in [0.29, 0.717) is 18.9 Å². The highest BCUT2D eigenvalue weighted by Gasteiger charge is 2.26. The van der Waals surface area contributed by atoms with Crippen LogP contribution < -0.4 is 20.1 Å². The summed E-state index contributed by atoms with van der Waals surface area (Å²) in [5.74, 6) is 0.0553. The summed E-state index contributed by atoms with van der Waals surface area (Å²) in [5.41, 5.74) is -0.329. The van der Waals surface area contributed by atoms with E-state index in [-0.39, 0.29) is 23.0 Å². The number of rotatable bonds is 6. The van der Waals surface area contributed by atoms with Crippen molar-refractivity contribution >= 4 is 11.6 Å². The Hall–Kier alpha value is -2.35. The lowest BCUT2D eigenvalue weighted by Crippen LogP contribution is -2.36. The van der Waals surface area contributed by atoms with Gasteiger partial charge in [-0.15, -0.1) is 0 Å². The first-order valence-corrected chi connectivity index (χ1v) is 7.07. The molecule has 22 heavy (non-hydrogen) atoms. The van der Waals surface area contributed by atoms with Gasteiger partial charge in [0.05, 0.1) is 24.7 Å². The molecule has 1 saturated heterocycles. The van der Waals surface area contributed by atoms with Crippen LogP contribution in [0.2, 0.25) is 0 Å². The molecular formula is C14H19N3O5. The number of hydrogen-bond donors (Lipinski definition) is 2. The zero-order valence-electron chi connectivity index (χ0n) is 12.5. The van der Waals surface area contributed by atoms with Gasteiger partial charge in [-0.2, -0.15) is 0 Å². The average molecular weight is 309 g/mol. The molecule has 8 nitrogen and oxygen atoms in total. The molecule has 1 atom stereocenters. The standard InChI is InChI=1S/C14H19N3O5/c1-3-22-13-7-11(17(19)20)10(6-12(13)21-2)14(18)16-9-4-5-15-8-9/h6-7,9,15H,3-5,8H2,1-2H3,(H,16,18). The van der Waals surface area contributed by atoms with Crippen molar-refractivity contribution in [1.82, 2.24) is 10.6 Å². The second-order valence-corrected chi connectivity index (χ2v) is 4.87. The Kier molecular flexibility index (Phi) is 5.16. The van der Waals surface area contributed by atoms with Crippen LogP contribution in [-0.2, 0) is 0 Å². The minimum Gasteiger partial charge on any atom is -0.493 e. The molecule has 0 saturated carbocycles. The molecule has 1 fully saturated rings. The minimum atomic E-state index is -0.593. The molecule has 1 aromatic rings.